The van der Waals surface area contributed by atoms with E-state index in [4.69, 9.17) is 4.55 Å². The molecular weight excluding hydrogens is 208 g/mol. The molecule has 14 heavy (non-hydrogen) atoms. The van der Waals surface area contributed by atoms with Crippen LogP contribution in [0.3, 0.4) is 0 Å². The second-order valence-electron chi connectivity index (χ2n) is 2.48. The van der Waals surface area contributed by atoms with Crippen molar-refractivity contribution in [1.82, 2.24) is 0 Å². The van der Waals surface area contributed by atoms with Crippen LogP contribution < -0.4 is 0 Å². The van der Waals surface area contributed by atoms with Crippen molar-refractivity contribution in [1.29, 1.82) is 0 Å². The Hall–Kier alpha value is -1.08. The highest BCUT2D eigenvalue weighted by Crippen LogP contribution is 2.20. The molecule has 0 heterocycles. The standard InChI is InChI=1S/C8H8O5S/c9-6-8(10,13-14(11)12)7-4-2-1-3-5-7/h1-6,10H,(H,11,12). The van der Waals surface area contributed by atoms with Crippen molar-refractivity contribution < 1.29 is 22.8 Å². The van der Waals surface area contributed by atoms with Gasteiger partial charge in [0.1, 0.15) is 0 Å². The summed E-state index contributed by atoms with van der Waals surface area (Å²) < 4.78 is 22.9. The zero-order valence-corrected chi connectivity index (χ0v) is 7.81. The summed E-state index contributed by atoms with van der Waals surface area (Å²) in [4.78, 5) is 10.5. The van der Waals surface area contributed by atoms with E-state index in [0.717, 1.165) is 0 Å². The van der Waals surface area contributed by atoms with Crippen LogP contribution in [0.15, 0.2) is 30.3 Å². The Morgan fingerprint density at radius 2 is 1.93 bits per heavy atom. The number of hydrogen-bond acceptors (Lipinski definition) is 4. The Labute approximate surface area is 82.8 Å². The minimum absolute atomic E-state index is 0.0520. The molecule has 0 aliphatic rings. The summed E-state index contributed by atoms with van der Waals surface area (Å²) in [5.41, 5.74) is 0.0948. The van der Waals surface area contributed by atoms with Gasteiger partial charge in [-0.2, -0.15) is 4.21 Å². The van der Waals surface area contributed by atoms with Gasteiger partial charge in [0.25, 0.3) is 5.79 Å². The van der Waals surface area contributed by atoms with Crippen LogP contribution in [0.25, 0.3) is 0 Å². The van der Waals surface area contributed by atoms with Crippen molar-refractivity contribution >= 4 is 17.6 Å². The van der Waals surface area contributed by atoms with Crippen LogP contribution >= 0.6 is 0 Å². The summed E-state index contributed by atoms with van der Waals surface area (Å²) in [6.45, 7) is 0. The molecule has 0 fully saturated rings. The molecule has 2 unspecified atom stereocenters. The summed E-state index contributed by atoms with van der Waals surface area (Å²) in [6, 6.07) is 7.61. The van der Waals surface area contributed by atoms with Crippen molar-refractivity contribution in [2.24, 2.45) is 0 Å². The Balaban J connectivity index is 3.01. The van der Waals surface area contributed by atoms with Gasteiger partial charge in [0.2, 0.25) is 0 Å². The molecule has 0 bridgehead atoms. The molecule has 2 atom stereocenters. The van der Waals surface area contributed by atoms with Crippen LogP contribution in [-0.4, -0.2) is 20.2 Å². The quantitative estimate of drug-likeness (QED) is 0.426. The Morgan fingerprint density at radius 3 is 2.36 bits per heavy atom. The molecule has 0 spiro atoms. The van der Waals surface area contributed by atoms with E-state index in [2.05, 4.69) is 4.18 Å². The maximum absolute atomic E-state index is 10.5. The van der Waals surface area contributed by atoms with Crippen molar-refractivity contribution in [2.45, 2.75) is 5.79 Å². The lowest BCUT2D eigenvalue weighted by Gasteiger charge is -2.18. The number of hydrogen-bond donors (Lipinski definition) is 2. The maximum Gasteiger partial charge on any atom is 0.305 e. The van der Waals surface area contributed by atoms with Crippen LogP contribution in [0, 0.1) is 0 Å². The molecule has 2 N–H and O–H groups in total. The summed E-state index contributed by atoms with van der Waals surface area (Å²) in [6.07, 6.45) is 0.0520. The number of rotatable bonds is 4. The van der Waals surface area contributed by atoms with Gasteiger partial charge in [-0.1, -0.05) is 30.3 Å². The van der Waals surface area contributed by atoms with E-state index in [1.807, 2.05) is 0 Å². The number of carbonyl (C=O) groups is 1. The second kappa shape index (κ2) is 4.43. The third-order valence-corrected chi connectivity index (χ3v) is 1.94. The molecule has 1 rings (SSSR count). The molecule has 1 aromatic rings. The van der Waals surface area contributed by atoms with Crippen molar-refractivity contribution in [3.8, 4) is 0 Å². The third kappa shape index (κ3) is 2.46. The fraction of sp³-hybridized carbons (Fsp3) is 0.125. The molecule has 0 aromatic heterocycles. The first-order valence-corrected chi connectivity index (χ1v) is 4.66. The van der Waals surface area contributed by atoms with Crippen molar-refractivity contribution in [2.75, 3.05) is 0 Å². The minimum Gasteiger partial charge on any atom is -0.355 e. The van der Waals surface area contributed by atoms with Gasteiger partial charge in [-0.25, -0.2) is 4.18 Å². The molecule has 0 aliphatic carbocycles. The SMILES string of the molecule is O=CC(O)(OS(=O)O)c1ccccc1. The highest BCUT2D eigenvalue weighted by Gasteiger charge is 2.32. The van der Waals surface area contributed by atoms with Crippen molar-refractivity contribution in [3.05, 3.63) is 35.9 Å². The van der Waals surface area contributed by atoms with E-state index >= 15 is 0 Å². The van der Waals surface area contributed by atoms with Gasteiger partial charge in [0.05, 0.1) is 0 Å². The lowest BCUT2D eigenvalue weighted by molar-refractivity contribution is -0.161. The Kier molecular flexibility index (Phi) is 3.48. The molecular formula is C8H8O5S. The molecule has 6 heteroatoms. The number of benzene rings is 1. The van der Waals surface area contributed by atoms with Crippen LogP contribution in [0.2, 0.25) is 0 Å². The van der Waals surface area contributed by atoms with Crippen LogP contribution in [0.5, 0.6) is 0 Å². The summed E-state index contributed by atoms with van der Waals surface area (Å²) >= 11 is -2.72. The smallest absolute Gasteiger partial charge is 0.305 e. The topological polar surface area (TPSA) is 83.8 Å². The number of carbonyl (C=O) groups excluding carboxylic acids is 1. The first kappa shape index (κ1) is 11.0. The Bertz CT molecular complexity index is 339. The van der Waals surface area contributed by atoms with E-state index in [1.165, 1.54) is 12.1 Å². The summed E-state index contributed by atoms with van der Waals surface area (Å²) in [7, 11) is 0. The first-order valence-electron chi connectivity index (χ1n) is 3.63. The van der Waals surface area contributed by atoms with Gasteiger partial charge in [-0.15, -0.1) is 0 Å². The van der Waals surface area contributed by atoms with Crippen LogP contribution in [0.4, 0.5) is 0 Å². The average Bonchev–Trinajstić information content (AvgIpc) is 2.18. The molecule has 0 radical (unpaired) electrons. The number of aldehydes is 1. The molecule has 5 nitrogen and oxygen atoms in total. The van der Waals surface area contributed by atoms with Crippen molar-refractivity contribution in [3.63, 3.8) is 0 Å². The van der Waals surface area contributed by atoms with Gasteiger partial charge < -0.3 is 5.11 Å². The largest absolute Gasteiger partial charge is 0.355 e. The fourth-order valence-electron chi connectivity index (χ4n) is 0.921. The molecule has 1 aromatic carbocycles. The van der Waals surface area contributed by atoms with Gasteiger partial charge >= 0.3 is 11.4 Å². The number of aliphatic hydroxyl groups is 1. The maximum atomic E-state index is 10.5. The predicted octanol–water partition coefficient (Wildman–Crippen LogP) is 0.184. The van der Waals surface area contributed by atoms with E-state index in [-0.39, 0.29) is 11.8 Å². The molecule has 0 amide bonds. The van der Waals surface area contributed by atoms with Gasteiger partial charge in [0, 0.05) is 5.56 Å². The van der Waals surface area contributed by atoms with E-state index < -0.39 is 17.1 Å². The highest BCUT2D eigenvalue weighted by atomic mass is 32.2. The lowest BCUT2D eigenvalue weighted by atomic mass is 10.1. The molecule has 0 saturated carbocycles. The van der Waals surface area contributed by atoms with Gasteiger partial charge in [-0.3, -0.25) is 9.35 Å². The lowest BCUT2D eigenvalue weighted by Crippen LogP contribution is -2.31. The highest BCUT2D eigenvalue weighted by molar-refractivity contribution is 7.74. The predicted molar refractivity (Wildman–Crippen MR) is 48.3 cm³/mol. The summed E-state index contributed by atoms with van der Waals surface area (Å²) in [5.74, 6) is -2.37. The zero-order valence-electron chi connectivity index (χ0n) is 6.99. The first-order chi connectivity index (χ1) is 6.58. The van der Waals surface area contributed by atoms with Crippen LogP contribution in [-0.2, 0) is 26.1 Å². The van der Waals surface area contributed by atoms with E-state index in [0.29, 0.717) is 0 Å². The fourth-order valence-corrected chi connectivity index (χ4v) is 1.27. The second-order valence-corrected chi connectivity index (χ2v) is 3.08. The average molecular weight is 216 g/mol. The summed E-state index contributed by atoms with van der Waals surface area (Å²) in [5, 5.41) is 9.52. The zero-order chi connectivity index (χ0) is 10.6. The van der Waals surface area contributed by atoms with E-state index in [1.54, 1.807) is 18.2 Å². The van der Waals surface area contributed by atoms with Gasteiger partial charge in [-0.05, 0) is 0 Å². The molecule has 0 saturated heterocycles. The Morgan fingerprint density at radius 1 is 1.36 bits per heavy atom. The normalized spacial score (nSPS) is 17.0. The molecule has 76 valence electrons. The van der Waals surface area contributed by atoms with Crippen LogP contribution in [0.1, 0.15) is 5.56 Å². The van der Waals surface area contributed by atoms with E-state index in [9.17, 15) is 14.1 Å². The minimum atomic E-state index is -2.72. The molecule has 0 aliphatic heterocycles. The third-order valence-electron chi connectivity index (χ3n) is 1.55. The van der Waals surface area contributed by atoms with Gasteiger partial charge in [0.15, 0.2) is 6.29 Å². The monoisotopic (exact) mass is 216 g/mol.